The van der Waals surface area contributed by atoms with Crippen LogP contribution >= 0.6 is 0 Å². The number of hydrogen-bond acceptors (Lipinski definition) is 5. The van der Waals surface area contributed by atoms with E-state index in [-0.39, 0.29) is 0 Å². The van der Waals surface area contributed by atoms with Crippen LogP contribution in [-0.4, -0.2) is 23.1 Å². The van der Waals surface area contributed by atoms with E-state index in [1.165, 1.54) is 19.3 Å². The van der Waals surface area contributed by atoms with E-state index in [1.807, 2.05) is 72.8 Å². The van der Waals surface area contributed by atoms with Crippen molar-refractivity contribution in [2.75, 3.05) is 18.4 Å². The Kier molecular flexibility index (Phi) is 9.25. The summed E-state index contributed by atoms with van der Waals surface area (Å²) in [5.74, 6) is 2.43. The number of nitrogens with one attached hydrogen (secondary N) is 1. The van der Waals surface area contributed by atoms with Crippen LogP contribution in [0.1, 0.15) is 49.1 Å². The molecule has 0 unspecified atom stereocenters. The molecule has 0 amide bonds. The number of nitrogens with zero attached hydrogens (tertiary/aromatic N) is 2. The molecule has 3 N–H and O–H groups in total. The van der Waals surface area contributed by atoms with Crippen molar-refractivity contribution in [3.05, 3.63) is 95.8 Å². The molecule has 0 saturated heterocycles. The number of fused-ring (bicyclic) bond motifs is 1. The maximum Gasteiger partial charge on any atom is 0.154 e. The molecule has 0 bridgehead atoms. The minimum Gasteiger partial charge on any atom is -0.489 e. The minimum atomic E-state index is 0.560. The Balaban J connectivity index is 1.37. The Morgan fingerprint density at radius 1 is 0.743 bits per heavy atom. The van der Waals surface area contributed by atoms with Crippen LogP contribution in [0.15, 0.2) is 78.9 Å². The molecule has 4 aromatic rings. The van der Waals surface area contributed by atoms with E-state index < -0.39 is 0 Å². The van der Waals surface area contributed by atoms with Gasteiger partial charge in [-0.05, 0) is 60.9 Å². The summed E-state index contributed by atoms with van der Waals surface area (Å²) < 4.78 is 5.89. The van der Waals surface area contributed by atoms with Gasteiger partial charge in [0.15, 0.2) is 5.82 Å². The number of unbranched alkanes of at least 4 members (excludes halogenated alkanes) is 4. The molecule has 5 nitrogen and oxygen atoms in total. The predicted molar refractivity (Wildman–Crippen MR) is 146 cm³/mol. The van der Waals surface area contributed by atoms with Crippen LogP contribution in [-0.2, 0) is 6.61 Å². The zero-order valence-corrected chi connectivity index (χ0v) is 20.2. The first kappa shape index (κ1) is 24.4. The molecule has 0 radical (unpaired) electrons. The number of ether oxygens (including phenoxy) is 1. The zero-order chi connectivity index (χ0) is 24.1. The van der Waals surface area contributed by atoms with Crippen LogP contribution in [0.5, 0.6) is 5.75 Å². The maximum absolute atomic E-state index is 5.89. The second-order valence-electron chi connectivity index (χ2n) is 8.61. The van der Waals surface area contributed by atoms with Crippen LogP contribution in [0.2, 0.25) is 0 Å². The molecular weight excluding hydrogens is 432 g/mol. The first-order chi connectivity index (χ1) is 17.3. The van der Waals surface area contributed by atoms with Crippen LogP contribution in [0, 0.1) is 0 Å². The van der Waals surface area contributed by atoms with E-state index in [0.717, 1.165) is 59.5 Å². The molecule has 0 spiro atoms. The lowest BCUT2D eigenvalue weighted by atomic mass is 10.1. The molecule has 0 atom stereocenters. The molecule has 1 aromatic heterocycles. The van der Waals surface area contributed by atoms with Gasteiger partial charge >= 0.3 is 0 Å². The number of benzene rings is 3. The Hall–Kier alpha value is -3.70. The van der Waals surface area contributed by atoms with Crippen molar-refractivity contribution < 1.29 is 4.74 Å². The van der Waals surface area contributed by atoms with Gasteiger partial charge in [-0.2, -0.15) is 0 Å². The van der Waals surface area contributed by atoms with E-state index in [2.05, 4.69) is 23.5 Å². The molecule has 5 heteroatoms. The molecule has 180 valence electrons. The molecule has 0 aliphatic carbocycles. The van der Waals surface area contributed by atoms with Gasteiger partial charge in [-0.3, -0.25) is 0 Å². The first-order valence-corrected chi connectivity index (χ1v) is 12.5. The number of para-hydroxylation sites is 1. The predicted octanol–water partition coefficient (Wildman–Crippen LogP) is 6.70. The molecule has 0 fully saturated rings. The first-order valence-electron chi connectivity index (χ1n) is 12.5. The quantitative estimate of drug-likeness (QED) is 0.215. The van der Waals surface area contributed by atoms with E-state index in [9.17, 15) is 0 Å². The van der Waals surface area contributed by atoms with Gasteiger partial charge in [-0.15, -0.1) is 0 Å². The van der Waals surface area contributed by atoms with Gasteiger partial charge in [0.1, 0.15) is 18.2 Å². The van der Waals surface area contributed by atoms with Crippen molar-refractivity contribution in [1.82, 2.24) is 9.97 Å². The Labute approximate surface area is 208 Å². The third-order valence-electron chi connectivity index (χ3n) is 5.85. The van der Waals surface area contributed by atoms with Crippen LogP contribution < -0.4 is 15.8 Å². The van der Waals surface area contributed by atoms with Gasteiger partial charge in [-0.25, -0.2) is 9.97 Å². The minimum absolute atomic E-state index is 0.560. The molecule has 0 aliphatic heterocycles. The lowest BCUT2D eigenvalue weighted by Gasteiger charge is -2.10. The third-order valence-corrected chi connectivity index (χ3v) is 5.85. The summed E-state index contributed by atoms with van der Waals surface area (Å²) in [5.41, 5.74) is 8.74. The molecule has 0 aliphatic rings. The summed E-state index contributed by atoms with van der Waals surface area (Å²) in [6.07, 6.45) is 9.87. The van der Waals surface area contributed by atoms with E-state index in [0.29, 0.717) is 12.4 Å². The lowest BCUT2D eigenvalue weighted by molar-refractivity contribution is 0.306. The number of rotatable bonds is 13. The molecule has 1 heterocycles. The number of nitrogens with two attached hydrogens (primary N) is 1. The highest BCUT2D eigenvalue weighted by atomic mass is 16.5. The molecule has 35 heavy (non-hydrogen) atoms. The summed E-state index contributed by atoms with van der Waals surface area (Å²) in [5, 5.41) is 4.57. The Morgan fingerprint density at radius 2 is 1.49 bits per heavy atom. The van der Waals surface area contributed by atoms with Gasteiger partial charge in [0, 0.05) is 11.9 Å². The van der Waals surface area contributed by atoms with Crippen molar-refractivity contribution in [1.29, 1.82) is 0 Å². The topological polar surface area (TPSA) is 73.1 Å². The maximum atomic E-state index is 5.89. The lowest BCUT2D eigenvalue weighted by Crippen LogP contribution is -2.06. The summed E-state index contributed by atoms with van der Waals surface area (Å²) in [7, 11) is 0. The fourth-order valence-corrected chi connectivity index (χ4v) is 3.90. The van der Waals surface area contributed by atoms with Crippen molar-refractivity contribution in [3.8, 4) is 5.75 Å². The standard InChI is InChI=1S/C30H34N4O/c31-21-9-2-1-3-10-22-32-30-27-13-7-8-14-28(27)33-29(34-30)20-17-24-15-18-26(19-16-24)35-23-25-11-5-4-6-12-25/h4-8,11-20H,1-3,9-10,21-23,31H2,(H,32,33,34). The molecule has 4 rings (SSSR count). The van der Waals surface area contributed by atoms with Crippen LogP contribution in [0.3, 0.4) is 0 Å². The third kappa shape index (κ3) is 7.66. The second kappa shape index (κ2) is 13.3. The summed E-state index contributed by atoms with van der Waals surface area (Å²) >= 11 is 0. The molecule has 3 aromatic carbocycles. The smallest absolute Gasteiger partial charge is 0.154 e. The summed E-state index contributed by atoms with van der Waals surface area (Å²) in [4.78, 5) is 9.53. The van der Waals surface area contributed by atoms with E-state index in [4.69, 9.17) is 20.4 Å². The number of aromatic nitrogens is 2. The van der Waals surface area contributed by atoms with Crippen molar-refractivity contribution in [3.63, 3.8) is 0 Å². The fourth-order valence-electron chi connectivity index (χ4n) is 3.90. The fraction of sp³-hybridized carbons (Fsp3) is 0.267. The highest BCUT2D eigenvalue weighted by Crippen LogP contribution is 2.22. The van der Waals surface area contributed by atoms with Gasteiger partial charge < -0.3 is 15.8 Å². The van der Waals surface area contributed by atoms with Gasteiger partial charge in [0.2, 0.25) is 0 Å². The SMILES string of the molecule is NCCCCCCCNc1nc(C=Cc2ccc(OCc3ccccc3)cc2)nc2ccccc12. The van der Waals surface area contributed by atoms with Crippen molar-refractivity contribution >= 4 is 28.9 Å². The molecular formula is C30H34N4O. The van der Waals surface area contributed by atoms with E-state index in [1.54, 1.807) is 0 Å². The second-order valence-corrected chi connectivity index (χ2v) is 8.61. The van der Waals surface area contributed by atoms with E-state index >= 15 is 0 Å². The van der Waals surface area contributed by atoms with Crippen molar-refractivity contribution in [2.24, 2.45) is 5.73 Å². The van der Waals surface area contributed by atoms with Gasteiger partial charge in [0.05, 0.1) is 5.52 Å². The van der Waals surface area contributed by atoms with Gasteiger partial charge in [-0.1, -0.05) is 79.9 Å². The summed E-state index contributed by atoms with van der Waals surface area (Å²) in [6, 6.07) is 26.4. The largest absolute Gasteiger partial charge is 0.489 e. The highest BCUT2D eigenvalue weighted by Gasteiger charge is 2.06. The zero-order valence-electron chi connectivity index (χ0n) is 20.2. The monoisotopic (exact) mass is 466 g/mol. The van der Waals surface area contributed by atoms with Crippen LogP contribution in [0.4, 0.5) is 5.82 Å². The number of hydrogen-bond donors (Lipinski definition) is 2. The van der Waals surface area contributed by atoms with Crippen LogP contribution in [0.25, 0.3) is 23.1 Å². The van der Waals surface area contributed by atoms with Gasteiger partial charge in [0.25, 0.3) is 0 Å². The Bertz CT molecular complexity index is 1210. The average Bonchev–Trinajstić information content (AvgIpc) is 2.91. The van der Waals surface area contributed by atoms with Crippen molar-refractivity contribution in [2.45, 2.75) is 38.7 Å². The normalized spacial score (nSPS) is 11.2. The summed E-state index contributed by atoms with van der Waals surface area (Å²) in [6.45, 7) is 2.25. The number of anilines is 1. The molecule has 0 saturated carbocycles. The highest BCUT2D eigenvalue weighted by molar-refractivity contribution is 5.90. The Morgan fingerprint density at radius 3 is 2.31 bits per heavy atom. The average molecular weight is 467 g/mol.